The lowest BCUT2D eigenvalue weighted by molar-refractivity contribution is -0.138. The molecule has 0 aliphatic rings. The Morgan fingerprint density at radius 2 is 0.345 bits per heavy atom. The van der Waals surface area contributed by atoms with Crippen molar-refractivity contribution >= 4 is 17.9 Å². The quantitative estimate of drug-likeness (QED) is 0.0252. The van der Waals surface area contributed by atoms with Crippen molar-refractivity contribution in [3.63, 3.8) is 0 Å². The number of aliphatic carboxylic acids is 3. The van der Waals surface area contributed by atoms with Crippen LogP contribution in [0.5, 0.6) is 0 Å². The molecule has 8 atom stereocenters. The summed E-state index contributed by atoms with van der Waals surface area (Å²) < 4.78 is 0. The summed E-state index contributed by atoms with van der Waals surface area (Å²) in [5, 5.41) is 130. The standard InChI is InChI=1S/3C18H36O2.2C6H14O6/c3*1-17(2)15-13-11-9-7-5-3-4-6-8-10-12-14-16-18(19)20;2*7-1-3(9)5(11)6(12)4(10)2-8/h3*17H,3-16H2,1-2H3,(H,19,20);2*3-12H,1-2H2/t;;;2*3-,4+,5-,6-/m...11/s1. The van der Waals surface area contributed by atoms with Gasteiger partial charge in [-0.15, -0.1) is 0 Å². The van der Waals surface area contributed by atoms with Crippen LogP contribution in [0.1, 0.15) is 311 Å². The highest BCUT2D eigenvalue weighted by Gasteiger charge is 2.30. The Hall–Kier alpha value is -2.07. The van der Waals surface area contributed by atoms with Crippen LogP contribution in [-0.2, 0) is 14.4 Å². The lowest BCUT2D eigenvalue weighted by atomic mass is 10.0. The van der Waals surface area contributed by atoms with Gasteiger partial charge in [0.05, 0.1) is 26.4 Å². The zero-order valence-electron chi connectivity index (χ0n) is 54.3. The summed E-state index contributed by atoms with van der Waals surface area (Å²) in [6.07, 6.45) is 39.2. The zero-order valence-corrected chi connectivity index (χ0v) is 54.3. The first kappa shape index (κ1) is 90.7. The highest BCUT2D eigenvalue weighted by atomic mass is 16.4. The van der Waals surface area contributed by atoms with E-state index in [0.717, 1.165) is 56.3 Å². The number of aliphatic hydroxyl groups is 12. The van der Waals surface area contributed by atoms with Crippen LogP contribution < -0.4 is 0 Å². The van der Waals surface area contributed by atoms with Gasteiger partial charge in [0, 0.05) is 19.3 Å². The Morgan fingerprint density at radius 3 is 0.452 bits per heavy atom. The van der Waals surface area contributed by atoms with Gasteiger partial charge in [-0.1, -0.05) is 273 Å². The summed E-state index contributed by atoms with van der Waals surface area (Å²) in [6, 6.07) is 0. The average Bonchev–Trinajstić information content (AvgIpc) is 3.59. The molecule has 0 saturated carbocycles. The van der Waals surface area contributed by atoms with E-state index < -0.39 is 93.2 Å². The molecule has 0 aromatic heterocycles. The van der Waals surface area contributed by atoms with Gasteiger partial charge in [-0.05, 0) is 37.0 Å². The Morgan fingerprint density at radius 1 is 0.226 bits per heavy atom. The molecule has 0 saturated heterocycles. The van der Waals surface area contributed by atoms with Crippen LogP contribution in [0, 0.1) is 17.8 Å². The number of aliphatic hydroxyl groups excluding tert-OH is 12. The number of carbonyl (C=O) groups is 3. The summed E-state index contributed by atoms with van der Waals surface area (Å²) in [5.41, 5.74) is 0. The van der Waals surface area contributed by atoms with E-state index >= 15 is 0 Å². The highest BCUT2D eigenvalue weighted by molar-refractivity contribution is 5.67. The van der Waals surface area contributed by atoms with Crippen molar-refractivity contribution in [3.05, 3.63) is 0 Å². The van der Waals surface area contributed by atoms with E-state index in [0.29, 0.717) is 19.3 Å². The molecule has 0 aliphatic carbocycles. The second kappa shape index (κ2) is 70.0. The van der Waals surface area contributed by atoms with Gasteiger partial charge in [-0.2, -0.15) is 0 Å². The van der Waals surface area contributed by atoms with Crippen molar-refractivity contribution in [1.29, 1.82) is 0 Å². The number of carboxylic acids is 3. The summed E-state index contributed by atoms with van der Waals surface area (Å²) in [6.45, 7) is 10.9. The number of hydrogen-bond donors (Lipinski definition) is 15. The Kier molecular flexibility index (Phi) is 75.6. The maximum Gasteiger partial charge on any atom is 0.303 e. The largest absolute Gasteiger partial charge is 0.481 e. The van der Waals surface area contributed by atoms with Gasteiger partial charge in [-0.3, -0.25) is 14.4 Å². The van der Waals surface area contributed by atoms with Crippen molar-refractivity contribution < 1.29 is 91.0 Å². The number of hydrogen-bond acceptors (Lipinski definition) is 15. The minimum absolute atomic E-state index is 0.344. The summed E-state index contributed by atoms with van der Waals surface area (Å²) >= 11 is 0. The molecule has 0 unspecified atom stereocenters. The predicted octanol–water partition coefficient (Wildman–Crippen LogP) is 11.4. The first-order valence-corrected chi connectivity index (χ1v) is 33.5. The minimum Gasteiger partial charge on any atom is -0.481 e. The molecule has 0 fully saturated rings. The van der Waals surface area contributed by atoms with Gasteiger partial charge in [0.25, 0.3) is 0 Å². The lowest BCUT2D eigenvalue weighted by Gasteiger charge is -2.24. The zero-order chi connectivity index (χ0) is 64.6. The number of rotatable bonds is 55. The van der Waals surface area contributed by atoms with Crippen LogP contribution in [0.3, 0.4) is 0 Å². The average molecular weight is 1220 g/mol. The van der Waals surface area contributed by atoms with Crippen molar-refractivity contribution in [2.75, 3.05) is 26.4 Å². The minimum atomic E-state index is -1.67. The molecule has 84 heavy (non-hydrogen) atoms. The van der Waals surface area contributed by atoms with Gasteiger partial charge in [0.2, 0.25) is 0 Å². The normalized spacial score (nSPS) is 14.1. The van der Waals surface area contributed by atoms with E-state index in [-0.39, 0.29) is 0 Å². The molecule has 0 aromatic carbocycles. The molecule has 15 N–H and O–H groups in total. The van der Waals surface area contributed by atoms with Crippen molar-refractivity contribution in [3.8, 4) is 0 Å². The smallest absolute Gasteiger partial charge is 0.303 e. The molecule has 0 heterocycles. The van der Waals surface area contributed by atoms with E-state index in [2.05, 4.69) is 41.5 Å². The number of carboxylic acid groups (broad SMARTS) is 3. The molecule has 18 heteroatoms. The third kappa shape index (κ3) is 76.0. The Labute approximate surface area is 511 Å². The molecule has 0 spiro atoms. The summed E-state index contributed by atoms with van der Waals surface area (Å²) in [7, 11) is 0. The molecule has 18 nitrogen and oxygen atoms in total. The van der Waals surface area contributed by atoms with Gasteiger partial charge in [0.15, 0.2) is 0 Å². The van der Waals surface area contributed by atoms with Crippen molar-refractivity contribution in [2.24, 2.45) is 17.8 Å². The topological polar surface area (TPSA) is 355 Å². The van der Waals surface area contributed by atoms with Crippen LogP contribution >= 0.6 is 0 Å². The summed E-state index contributed by atoms with van der Waals surface area (Å²) in [5.74, 6) is 0.636. The van der Waals surface area contributed by atoms with Gasteiger partial charge in [-0.25, -0.2) is 0 Å². The monoisotopic (exact) mass is 1220 g/mol. The van der Waals surface area contributed by atoms with Crippen molar-refractivity contribution in [2.45, 2.75) is 360 Å². The maximum absolute atomic E-state index is 10.3. The molecule has 0 rings (SSSR count). The van der Waals surface area contributed by atoms with Crippen LogP contribution in [0.25, 0.3) is 0 Å². The molecule has 0 aliphatic heterocycles. The van der Waals surface area contributed by atoms with E-state index in [9.17, 15) is 14.4 Å². The van der Waals surface area contributed by atoms with Gasteiger partial charge < -0.3 is 76.6 Å². The fourth-order valence-corrected chi connectivity index (χ4v) is 9.13. The Bertz CT molecular complexity index is 1160. The summed E-state index contributed by atoms with van der Waals surface area (Å²) in [4.78, 5) is 31.0. The van der Waals surface area contributed by atoms with E-state index in [1.807, 2.05) is 0 Å². The SMILES string of the molecule is CC(C)CCCCCCCCCCCCCCC(=O)O.CC(C)CCCCCCCCCCCCCCC(=O)O.CC(C)CCCCCCCCCCCCCCC(=O)O.OC[C@@H](O)[C@@H](O)[C@H](O)[C@@H](O)CO.OC[C@@H](O)[C@@H](O)[C@H](O)[C@@H](O)CO. The first-order valence-electron chi connectivity index (χ1n) is 33.5. The van der Waals surface area contributed by atoms with Crippen LogP contribution in [0.15, 0.2) is 0 Å². The van der Waals surface area contributed by atoms with Gasteiger partial charge in [0.1, 0.15) is 48.8 Å². The van der Waals surface area contributed by atoms with Crippen LogP contribution in [-0.4, -0.2) is 170 Å². The van der Waals surface area contributed by atoms with E-state index in [4.69, 9.17) is 76.6 Å². The molecule has 0 amide bonds. The van der Waals surface area contributed by atoms with E-state index in [1.165, 1.54) is 212 Å². The fourth-order valence-electron chi connectivity index (χ4n) is 9.13. The molecular weight excluding hydrogens is 1080 g/mol. The first-order chi connectivity index (χ1) is 40.0. The van der Waals surface area contributed by atoms with E-state index in [1.54, 1.807) is 0 Å². The van der Waals surface area contributed by atoms with Crippen LogP contribution in [0.4, 0.5) is 0 Å². The Balaban J connectivity index is -0.000000315. The molecule has 0 bridgehead atoms. The fraction of sp³-hybridized carbons (Fsp3) is 0.955. The molecular formula is C66H136O18. The maximum atomic E-state index is 10.3. The molecule has 0 aromatic rings. The molecule has 0 radical (unpaired) electrons. The van der Waals surface area contributed by atoms with Crippen LogP contribution in [0.2, 0.25) is 0 Å². The lowest BCUT2D eigenvalue weighted by Crippen LogP contribution is -2.46. The van der Waals surface area contributed by atoms with Gasteiger partial charge >= 0.3 is 17.9 Å². The predicted molar refractivity (Wildman–Crippen MR) is 338 cm³/mol. The highest BCUT2D eigenvalue weighted by Crippen LogP contribution is 2.18. The number of unbranched alkanes of at least 4 members (excludes halogenated alkanes) is 33. The second-order valence-corrected chi connectivity index (χ2v) is 24.7. The van der Waals surface area contributed by atoms with Crippen molar-refractivity contribution in [1.82, 2.24) is 0 Å². The third-order valence-electron chi connectivity index (χ3n) is 14.8. The molecule has 508 valence electrons. The second-order valence-electron chi connectivity index (χ2n) is 24.7. The third-order valence-corrected chi connectivity index (χ3v) is 14.8.